The number of nitrogens with one attached hydrogen (secondary N) is 2. The van der Waals surface area contributed by atoms with Gasteiger partial charge in [-0.05, 0) is 49.2 Å². The Kier molecular flexibility index (Phi) is 10.5. The third kappa shape index (κ3) is 7.40. The first kappa shape index (κ1) is 35.0. The Labute approximate surface area is 267 Å². The molecule has 1 amide bonds. The molecule has 258 valence electrons. The Morgan fingerprint density at radius 3 is 2.36 bits per heavy atom. The van der Waals surface area contributed by atoms with Crippen molar-refractivity contribution in [2.75, 3.05) is 6.79 Å². The summed E-state index contributed by atoms with van der Waals surface area (Å²) in [7, 11) is 0. The Morgan fingerprint density at radius 1 is 1.00 bits per heavy atom. The smallest absolute Gasteiger partial charge is 0.416 e. The molecule has 11 atom stereocenters. The number of phenols is 1. The molecule has 0 aromatic heterocycles. The van der Waals surface area contributed by atoms with Gasteiger partial charge in [0, 0.05) is 18.2 Å². The molecule has 2 aromatic rings. The predicted molar refractivity (Wildman–Crippen MR) is 155 cm³/mol. The molecule has 2 heterocycles. The summed E-state index contributed by atoms with van der Waals surface area (Å²) >= 11 is 0. The van der Waals surface area contributed by atoms with Crippen LogP contribution < -0.4 is 15.4 Å². The SMILES string of the molecule is C/C(=C/c1ccc(O[C@@H]2OC(C(C)NCc3ccccc3C(F)(F)F)[C@@H](O)[C@@H]2O)c(O)c1)C(=O)N[C@@H]1[C@H](O)[C@@H](O)[C@H]2OCO[C@H]2[C@@H]1O. The number of phenolic OH excluding ortho intramolecular Hbond substituents is 1. The zero-order valence-electron chi connectivity index (χ0n) is 25.2. The van der Waals surface area contributed by atoms with E-state index in [1.165, 1.54) is 49.4 Å². The van der Waals surface area contributed by atoms with Gasteiger partial charge >= 0.3 is 6.18 Å². The summed E-state index contributed by atoms with van der Waals surface area (Å²) in [5.41, 5.74) is -0.331. The highest BCUT2D eigenvalue weighted by molar-refractivity contribution is 5.97. The number of alkyl halides is 3. The van der Waals surface area contributed by atoms with Crippen molar-refractivity contribution in [2.24, 2.45) is 0 Å². The predicted octanol–water partition coefficient (Wildman–Crippen LogP) is 0.141. The zero-order chi connectivity index (χ0) is 34.2. The molecule has 1 saturated carbocycles. The van der Waals surface area contributed by atoms with E-state index in [1.807, 2.05) is 0 Å². The van der Waals surface area contributed by atoms with E-state index >= 15 is 0 Å². The molecule has 47 heavy (non-hydrogen) atoms. The van der Waals surface area contributed by atoms with Gasteiger partial charge < -0.3 is 60.2 Å². The van der Waals surface area contributed by atoms with Crippen LogP contribution in [0.2, 0.25) is 0 Å². The third-order valence-corrected chi connectivity index (χ3v) is 8.56. The van der Waals surface area contributed by atoms with Gasteiger partial charge in [0.05, 0.1) is 11.6 Å². The second-order valence-electron chi connectivity index (χ2n) is 11.8. The van der Waals surface area contributed by atoms with Gasteiger partial charge in [0.15, 0.2) is 11.5 Å². The van der Waals surface area contributed by atoms with E-state index < -0.39 is 90.6 Å². The normalized spacial score (nSPS) is 33.4. The number of aliphatic hydroxyl groups excluding tert-OH is 5. The van der Waals surface area contributed by atoms with Crippen molar-refractivity contribution in [2.45, 2.75) is 93.8 Å². The minimum atomic E-state index is -4.55. The maximum absolute atomic E-state index is 13.3. The number of aromatic hydroxyl groups is 1. The fourth-order valence-corrected chi connectivity index (χ4v) is 5.91. The molecule has 3 aliphatic rings. The molecule has 2 unspecified atom stereocenters. The number of aliphatic hydroxyl groups is 5. The molecule has 3 fully saturated rings. The van der Waals surface area contributed by atoms with Gasteiger partial charge in [0.25, 0.3) is 0 Å². The van der Waals surface area contributed by atoms with Crippen LogP contribution in [0.25, 0.3) is 6.08 Å². The quantitative estimate of drug-likeness (QED) is 0.168. The van der Waals surface area contributed by atoms with Crippen LogP contribution in [-0.4, -0.2) is 111 Å². The van der Waals surface area contributed by atoms with Crippen LogP contribution in [-0.2, 0) is 31.7 Å². The van der Waals surface area contributed by atoms with Gasteiger partial charge in [-0.1, -0.05) is 24.3 Å². The van der Waals surface area contributed by atoms with E-state index in [2.05, 4.69) is 10.6 Å². The Bertz CT molecular complexity index is 1460. The lowest BCUT2D eigenvalue weighted by molar-refractivity contribution is -0.155. The molecule has 2 aliphatic heterocycles. The highest BCUT2D eigenvalue weighted by Crippen LogP contribution is 2.35. The summed E-state index contributed by atoms with van der Waals surface area (Å²) in [5.74, 6) is -1.21. The number of hydrogen-bond acceptors (Lipinski definition) is 12. The van der Waals surface area contributed by atoms with E-state index in [0.29, 0.717) is 5.56 Å². The van der Waals surface area contributed by atoms with Crippen LogP contribution in [0.1, 0.15) is 30.5 Å². The van der Waals surface area contributed by atoms with Crippen molar-refractivity contribution in [1.82, 2.24) is 10.6 Å². The van der Waals surface area contributed by atoms with Crippen LogP contribution in [0, 0.1) is 0 Å². The van der Waals surface area contributed by atoms with Crippen molar-refractivity contribution in [1.29, 1.82) is 0 Å². The number of carbonyl (C=O) groups is 1. The second-order valence-corrected chi connectivity index (χ2v) is 11.8. The molecule has 1 aliphatic carbocycles. The molecular weight excluding hydrogens is 633 g/mol. The number of fused-ring (bicyclic) bond motifs is 1. The number of benzene rings is 2. The molecule has 5 rings (SSSR count). The number of hydrogen-bond donors (Lipinski definition) is 8. The largest absolute Gasteiger partial charge is 0.504 e. The summed E-state index contributed by atoms with van der Waals surface area (Å²) in [6, 6.07) is 7.16. The molecule has 2 aromatic carbocycles. The van der Waals surface area contributed by atoms with Gasteiger partial charge in [0.2, 0.25) is 12.2 Å². The van der Waals surface area contributed by atoms with Gasteiger partial charge in [-0.25, -0.2) is 0 Å². The monoisotopic (exact) mass is 670 g/mol. The van der Waals surface area contributed by atoms with Crippen molar-refractivity contribution in [3.8, 4) is 11.5 Å². The summed E-state index contributed by atoms with van der Waals surface area (Å²) in [4.78, 5) is 12.9. The average Bonchev–Trinajstić information content (AvgIpc) is 3.63. The van der Waals surface area contributed by atoms with Gasteiger partial charge in [-0.3, -0.25) is 4.79 Å². The first-order chi connectivity index (χ1) is 22.2. The van der Waals surface area contributed by atoms with Crippen LogP contribution in [0.3, 0.4) is 0 Å². The van der Waals surface area contributed by atoms with E-state index in [-0.39, 0.29) is 30.2 Å². The molecule has 0 bridgehead atoms. The second kappa shape index (κ2) is 14.0. The highest BCUT2D eigenvalue weighted by Gasteiger charge is 2.53. The standard InChI is InChI=1S/C31H37F3N2O11/c1-13(29(43)36-20-21(38)23(40)28-27(22(20)39)44-12-45-28)9-15-7-8-19(18(37)10-15)46-30-25(42)24(41)26(47-30)14(2)35-11-16-5-3-4-6-17(16)31(32,33)34/h3-10,14,20-28,30,35,37-42H,11-12H2,1-2H3,(H,36,43)/b13-9-/t14?,20-,21+,22-,23-,24+,25+,26?,27+,28-,30-/m1/s1. The van der Waals surface area contributed by atoms with Crippen molar-refractivity contribution in [3.63, 3.8) is 0 Å². The van der Waals surface area contributed by atoms with Crippen molar-refractivity contribution in [3.05, 3.63) is 64.7 Å². The maximum Gasteiger partial charge on any atom is 0.416 e. The summed E-state index contributed by atoms with van der Waals surface area (Å²) in [5, 5.41) is 68.5. The Hall–Kier alpha value is -3.32. The molecule has 13 nitrogen and oxygen atoms in total. The molecular formula is C31H37F3N2O11. The minimum Gasteiger partial charge on any atom is -0.504 e. The molecule has 0 spiro atoms. The zero-order valence-corrected chi connectivity index (χ0v) is 25.2. The van der Waals surface area contributed by atoms with Crippen LogP contribution in [0.5, 0.6) is 11.5 Å². The third-order valence-electron chi connectivity index (χ3n) is 8.56. The van der Waals surface area contributed by atoms with E-state index in [1.54, 1.807) is 6.92 Å². The number of rotatable bonds is 9. The van der Waals surface area contributed by atoms with Gasteiger partial charge in [0.1, 0.15) is 55.6 Å². The molecule has 2 saturated heterocycles. The summed E-state index contributed by atoms with van der Waals surface area (Å²) in [6.45, 7) is 2.66. The van der Waals surface area contributed by atoms with Crippen molar-refractivity contribution >= 4 is 12.0 Å². The highest BCUT2D eigenvalue weighted by atomic mass is 19.4. The van der Waals surface area contributed by atoms with Gasteiger partial charge in [-0.15, -0.1) is 0 Å². The number of carbonyl (C=O) groups excluding carboxylic acids is 1. The first-order valence-corrected chi connectivity index (χ1v) is 14.8. The maximum atomic E-state index is 13.3. The lowest BCUT2D eigenvalue weighted by atomic mass is 9.83. The van der Waals surface area contributed by atoms with Crippen molar-refractivity contribution < 1.29 is 67.6 Å². The minimum absolute atomic E-state index is 0.00523. The first-order valence-electron chi connectivity index (χ1n) is 14.8. The number of ether oxygens (including phenoxy) is 4. The fourth-order valence-electron chi connectivity index (χ4n) is 5.91. The summed E-state index contributed by atoms with van der Waals surface area (Å²) in [6.07, 6.45) is -14.8. The lowest BCUT2D eigenvalue weighted by Gasteiger charge is -2.41. The van der Waals surface area contributed by atoms with E-state index in [0.717, 1.165) is 6.07 Å². The molecule has 8 N–H and O–H groups in total. The Morgan fingerprint density at radius 2 is 1.68 bits per heavy atom. The molecule has 16 heteroatoms. The fraction of sp³-hybridized carbons (Fsp3) is 0.516. The van der Waals surface area contributed by atoms with Crippen LogP contribution >= 0.6 is 0 Å². The molecule has 0 radical (unpaired) electrons. The van der Waals surface area contributed by atoms with E-state index in [4.69, 9.17) is 18.9 Å². The number of amides is 1. The van der Waals surface area contributed by atoms with Crippen LogP contribution in [0.15, 0.2) is 48.0 Å². The van der Waals surface area contributed by atoms with Gasteiger partial charge in [-0.2, -0.15) is 13.2 Å². The Balaban J connectivity index is 1.18. The van der Waals surface area contributed by atoms with E-state index in [9.17, 15) is 48.6 Å². The van der Waals surface area contributed by atoms with Crippen LogP contribution in [0.4, 0.5) is 13.2 Å². The summed E-state index contributed by atoms with van der Waals surface area (Å²) < 4.78 is 61.8. The average molecular weight is 671 g/mol. The lowest BCUT2D eigenvalue weighted by Crippen LogP contribution is -2.67. The topological polar surface area (TPSA) is 199 Å². The number of halogens is 3.